The summed E-state index contributed by atoms with van der Waals surface area (Å²) in [6.45, 7) is 0.165. The number of rotatable bonds is 1. The van der Waals surface area contributed by atoms with Crippen molar-refractivity contribution in [3.8, 4) is 0 Å². The first-order valence-electron chi connectivity index (χ1n) is 4.23. The second-order valence-electron chi connectivity index (χ2n) is 3.50. The van der Waals surface area contributed by atoms with Crippen molar-refractivity contribution in [1.82, 2.24) is 10.2 Å². The Hall–Kier alpha value is -1.06. The van der Waals surface area contributed by atoms with Crippen molar-refractivity contribution in [3.05, 3.63) is 0 Å². The molecule has 0 bridgehead atoms. The molecular formula is C8H12N2O2. The standard InChI is InChI=1S/C8H12N2O2/c1-10-6(11)4-9-8(12)7(10)5-2-3-5/h5,7H,2-4H2,1H3,(H,9,12). The number of carbonyl (C=O) groups is 2. The van der Waals surface area contributed by atoms with E-state index in [2.05, 4.69) is 5.32 Å². The molecule has 0 aromatic rings. The van der Waals surface area contributed by atoms with Crippen LogP contribution in [0, 0.1) is 5.92 Å². The lowest BCUT2D eigenvalue weighted by Gasteiger charge is -2.31. The van der Waals surface area contributed by atoms with Crippen LogP contribution in [0.1, 0.15) is 12.8 Å². The van der Waals surface area contributed by atoms with Gasteiger partial charge in [0, 0.05) is 7.05 Å². The zero-order valence-electron chi connectivity index (χ0n) is 7.04. The predicted molar refractivity (Wildman–Crippen MR) is 42.3 cm³/mol. The van der Waals surface area contributed by atoms with Crippen molar-refractivity contribution in [2.75, 3.05) is 13.6 Å². The van der Waals surface area contributed by atoms with E-state index in [1.54, 1.807) is 11.9 Å². The van der Waals surface area contributed by atoms with E-state index < -0.39 is 0 Å². The maximum atomic E-state index is 11.3. The fourth-order valence-electron chi connectivity index (χ4n) is 1.67. The Morgan fingerprint density at radius 2 is 2.08 bits per heavy atom. The number of likely N-dealkylation sites (N-methyl/N-ethyl adjacent to an activating group) is 1. The first-order valence-corrected chi connectivity index (χ1v) is 4.23. The van der Waals surface area contributed by atoms with Crippen LogP contribution in [0.15, 0.2) is 0 Å². The van der Waals surface area contributed by atoms with Gasteiger partial charge < -0.3 is 10.2 Å². The van der Waals surface area contributed by atoms with Crippen molar-refractivity contribution >= 4 is 11.8 Å². The minimum atomic E-state index is -0.189. The van der Waals surface area contributed by atoms with Crippen LogP contribution >= 0.6 is 0 Å². The minimum absolute atomic E-state index is 0.0135. The number of nitrogens with zero attached hydrogens (tertiary/aromatic N) is 1. The van der Waals surface area contributed by atoms with Crippen LogP contribution in [-0.4, -0.2) is 36.3 Å². The van der Waals surface area contributed by atoms with Crippen LogP contribution in [0.2, 0.25) is 0 Å². The van der Waals surface area contributed by atoms with Gasteiger partial charge in [0.05, 0.1) is 6.54 Å². The summed E-state index contributed by atoms with van der Waals surface area (Å²) in [5.41, 5.74) is 0. The molecule has 0 aromatic heterocycles. The molecule has 1 heterocycles. The molecule has 2 rings (SSSR count). The van der Waals surface area contributed by atoms with Crippen LogP contribution < -0.4 is 5.32 Å². The Bertz CT molecular complexity index is 235. The van der Waals surface area contributed by atoms with Crippen molar-refractivity contribution < 1.29 is 9.59 Å². The lowest BCUT2D eigenvalue weighted by Crippen LogP contribution is -2.57. The maximum absolute atomic E-state index is 11.3. The van der Waals surface area contributed by atoms with Crippen LogP contribution in [0.3, 0.4) is 0 Å². The molecule has 1 unspecified atom stereocenters. The quantitative estimate of drug-likeness (QED) is 0.566. The summed E-state index contributed by atoms with van der Waals surface area (Å²) < 4.78 is 0. The Kier molecular flexibility index (Phi) is 1.56. The molecule has 4 nitrogen and oxygen atoms in total. The van der Waals surface area contributed by atoms with Gasteiger partial charge in [-0.2, -0.15) is 0 Å². The normalized spacial score (nSPS) is 30.4. The molecule has 1 N–H and O–H groups in total. The van der Waals surface area contributed by atoms with Gasteiger partial charge in [-0.1, -0.05) is 0 Å². The first-order chi connectivity index (χ1) is 5.70. The van der Waals surface area contributed by atoms with Crippen LogP contribution in [0.5, 0.6) is 0 Å². The van der Waals surface area contributed by atoms with Crippen LogP contribution in [0.4, 0.5) is 0 Å². The Morgan fingerprint density at radius 3 is 2.67 bits per heavy atom. The summed E-state index contributed by atoms with van der Waals surface area (Å²) in [7, 11) is 1.71. The molecule has 2 fully saturated rings. The lowest BCUT2D eigenvalue weighted by atomic mass is 10.1. The number of hydrogen-bond donors (Lipinski definition) is 1. The zero-order valence-corrected chi connectivity index (χ0v) is 7.04. The smallest absolute Gasteiger partial charge is 0.243 e. The van der Waals surface area contributed by atoms with E-state index in [9.17, 15) is 9.59 Å². The molecule has 1 saturated carbocycles. The molecule has 1 aliphatic carbocycles. The van der Waals surface area contributed by atoms with Crippen molar-refractivity contribution in [3.63, 3.8) is 0 Å². The highest BCUT2D eigenvalue weighted by atomic mass is 16.2. The number of nitrogens with one attached hydrogen (secondary N) is 1. The third kappa shape index (κ3) is 1.07. The Labute approximate surface area is 70.9 Å². The largest absolute Gasteiger partial charge is 0.345 e. The van der Waals surface area contributed by atoms with Crippen LogP contribution in [0.25, 0.3) is 0 Å². The SMILES string of the molecule is CN1C(=O)CNC(=O)C1C1CC1. The van der Waals surface area contributed by atoms with E-state index >= 15 is 0 Å². The van der Waals surface area contributed by atoms with E-state index in [0.29, 0.717) is 5.92 Å². The summed E-state index contributed by atoms with van der Waals surface area (Å²) in [5.74, 6) is 0.449. The molecule has 0 spiro atoms. The summed E-state index contributed by atoms with van der Waals surface area (Å²) in [6, 6.07) is -0.189. The maximum Gasteiger partial charge on any atom is 0.243 e. The summed E-state index contributed by atoms with van der Waals surface area (Å²) in [5, 5.41) is 2.60. The second-order valence-corrected chi connectivity index (χ2v) is 3.50. The molecule has 12 heavy (non-hydrogen) atoms. The van der Waals surface area contributed by atoms with Crippen molar-refractivity contribution in [2.24, 2.45) is 5.92 Å². The molecule has 1 aliphatic heterocycles. The molecular weight excluding hydrogens is 156 g/mol. The fraction of sp³-hybridized carbons (Fsp3) is 0.750. The average molecular weight is 168 g/mol. The third-order valence-corrected chi connectivity index (χ3v) is 2.56. The minimum Gasteiger partial charge on any atom is -0.345 e. The van der Waals surface area contributed by atoms with Gasteiger partial charge in [-0.15, -0.1) is 0 Å². The lowest BCUT2D eigenvalue weighted by molar-refractivity contribution is -0.144. The highest BCUT2D eigenvalue weighted by Crippen LogP contribution is 2.35. The molecule has 0 aromatic carbocycles. The van der Waals surface area contributed by atoms with Crippen molar-refractivity contribution in [2.45, 2.75) is 18.9 Å². The second kappa shape index (κ2) is 2.47. The molecule has 2 amide bonds. The van der Waals surface area contributed by atoms with Gasteiger partial charge in [-0.25, -0.2) is 0 Å². The van der Waals surface area contributed by atoms with Gasteiger partial charge >= 0.3 is 0 Å². The number of carbonyl (C=O) groups excluding carboxylic acids is 2. The predicted octanol–water partition coefficient (Wildman–Crippen LogP) is -0.647. The van der Waals surface area contributed by atoms with E-state index in [4.69, 9.17) is 0 Å². The number of amides is 2. The van der Waals surface area contributed by atoms with E-state index in [-0.39, 0.29) is 24.4 Å². The Balaban J connectivity index is 2.14. The van der Waals surface area contributed by atoms with E-state index in [1.165, 1.54) is 0 Å². The molecule has 0 radical (unpaired) electrons. The Morgan fingerprint density at radius 1 is 1.42 bits per heavy atom. The molecule has 1 atom stereocenters. The molecule has 2 aliphatic rings. The highest BCUT2D eigenvalue weighted by molar-refractivity contribution is 5.95. The van der Waals surface area contributed by atoms with E-state index in [1.807, 2.05) is 0 Å². The first kappa shape index (κ1) is 7.58. The molecule has 1 saturated heterocycles. The third-order valence-electron chi connectivity index (χ3n) is 2.56. The van der Waals surface area contributed by atoms with Gasteiger partial charge in [-0.3, -0.25) is 9.59 Å². The topological polar surface area (TPSA) is 49.4 Å². The molecule has 4 heteroatoms. The van der Waals surface area contributed by atoms with Gasteiger partial charge in [0.1, 0.15) is 6.04 Å². The summed E-state index contributed by atoms with van der Waals surface area (Å²) in [6.07, 6.45) is 2.16. The zero-order chi connectivity index (χ0) is 8.72. The van der Waals surface area contributed by atoms with E-state index in [0.717, 1.165) is 12.8 Å². The number of piperazine rings is 1. The van der Waals surface area contributed by atoms with Crippen LogP contribution in [-0.2, 0) is 9.59 Å². The van der Waals surface area contributed by atoms with Gasteiger partial charge in [0.25, 0.3) is 0 Å². The summed E-state index contributed by atoms with van der Waals surface area (Å²) in [4.78, 5) is 24.1. The van der Waals surface area contributed by atoms with Gasteiger partial charge in [0.2, 0.25) is 11.8 Å². The molecule has 66 valence electrons. The highest BCUT2D eigenvalue weighted by Gasteiger charge is 2.42. The summed E-state index contributed by atoms with van der Waals surface area (Å²) >= 11 is 0. The monoisotopic (exact) mass is 168 g/mol. The number of hydrogen-bond acceptors (Lipinski definition) is 2. The average Bonchev–Trinajstić information content (AvgIpc) is 2.81. The fourth-order valence-corrected chi connectivity index (χ4v) is 1.67. The van der Waals surface area contributed by atoms with Gasteiger partial charge in [-0.05, 0) is 18.8 Å². The van der Waals surface area contributed by atoms with Gasteiger partial charge in [0.15, 0.2) is 0 Å². The van der Waals surface area contributed by atoms with Crippen molar-refractivity contribution in [1.29, 1.82) is 0 Å².